The lowest BCUT2D eigenvalue weighted by Gasteiger charge is -2.28. The highest BCUT2D eigenvalue weighted by Crippen LogP contribution is 2.25. The third-order valence-corrected chi connectivity index (χ3v) is 4.13. The summed E-state index contributed by atoms with van der Waals surface area (Å²) in [6.45, 7) is 5.45. The van der Waals surface area contributed by atoms with Gasteiger partial charge in [0.2, 0.25) is 0 Å². The van der Waals surface area contributed by atoms with E-state index in [1.54, 1.807) is 6.20 Å². The molecule has 2 aromatic heterocycles. The van der Waals surface area contributed by atoms with Crippen LogP contribution in [0.2, 0.25) is 0 Å². The lowest BCUT2D eigenvalue weighted by molar-refractivity contribution is 0.0507. The normalized spacial score (nSPS) is 21.3. The molecule has 7 heteroatoms. The molecule has 1 fully saturated rings. The van der Waals surface area contributed by atoms with Gasteiger partial charge in [0.1, 0.15) is 17.8 Å². The van der Waals surface area contributed by atoms with Gasteiger partial charge in [-0.3, -0.25) is 0 Å². The first kappa shape index (κ1) is 15.7. The molecule has 0 saturated carbocycles. The van der Waals surface area contributed by atoms with Gasteiger partial charge in [0.05, 0.1) is 17.6 Å². The van der Waals surface area contributed by atoms with Gasteiger partial charge >= 0.3 is 5.97 Å². The second-order valence-electron chi connectivity index (χ2n) is 6.01. The van der Waals surface area contributed by atoms with Crippen LogP contribution in [0.25, 0.3) is 11.0 Å². The minimum atomic E-state index is -0.341. The Morgan fingerprint density at radius 1 is 1.43 bits per heavy atom. The zero-order chi connectivity index (χ0) is 16.2. The Kier molecular flexibility index (Phi) is 4.76. The van der Waals surface area contributed by atoms with E-state index in [-0.39, 0.29) is 5.97 Å². The van der Waals surface area contributed by atoms with E-state index in [9.17, 15) is 4.79 Å². The number of H-pyrrole nitrogens is 1. The first-order chi connectivity index (χ1) is 11.2. The number of esters is 1. The summed E-state index contributed by atoms with van der Waals surface area (Å²) in [6.07, 6.45) is 6.12. The van der Waals surface area contributed by atoms with Gasteiger partial charge in [-0.25, -0.2) is 14.8 Å². The van der Waals surface area contributed by atoms with Crippen LogP contribution in [0.1, 0.15) is 43.5 Å². The van der Waals surface area contributed by atoms with Crippen molar-refractivity contribution < 1.29 is 9.53 Å². The van der Waals surface area contributed by atoms with Gasteiger partial charge in [-0.2, -0.15) is 0 Å². The third kappa shape index (κ3) is 3.44. The lowest BCUT2D eigenvalue weighted by atomic mass is 10.0. The first-order valence-corrected chi connectivity index (χ1v) is 8.18. The van der Waals surface area contributed by atoms with Crippen molar-refractivity contribution in [2.75, 3.05) is 18.5 Å². The molecule has 3 N–H and O–H groups in total. The van der Waals surface area contributed by atoms with E-state index in [2.05, 4.69) is 32.5 Å². The standard InChI is InChI=1S/C16H23N5O2/c1-3-6-23-16(22)12-8-18-14-13(12)15(20-9-19-14)21-11-5-4-10(2)17-7-11/h8-11,17H,3-7H2,1-2H3,(H2,18,19,20,21). The number of aromatic nitrogens is 3. The van der Waals surface area contributed by atoms with Crippen molar-refractivity contribution in [2.24, 2.45) is 0 Å². The summed E-state index contributed by atoms with van der Waals surface area (Å²) in [5.41, 5.74) is 1.12. The van der Waals surface area contributed by atoms with Crippen LogP contribution in [-0.4, -0.2) is 46.2 Å². The SMILES string of the molecule is CCCOC(=O)c1c[nH]c2ncnc(NC3CCC(C)NC3)c12. The number of nitrogens with zero attached hydrogens (tertiary/aromatic N) is 2. The van der Waals surface area contributed by atoms with Gasteiger partial charge in [-0.15, -0.1) is 0 Å². The number of nitrogens with one attached hydrogen (secondary N) is 3. The molecule has 7 nitrogen and oxygen atoms in total. The number of anilines is 1. The Labute approximate surface area is 135 Å². The molecule has 0 bridgehead atoms. The van der Waals surface area contributed by atoms with Crippen LogP contribution in [0.15, 0.2) is 12.5 Å². The molecule has 124 valence electrons. The van der Waals surface area contributed by atoms with Crippen LogP contribution in [-0.2, 0) is 4.74 Å². The molecule has 2 unspecified atom stereocenters. The predicted octanol–water partition coefficient (Wildman–Crippen LogP) is 2.08. The Morgan fingerprint density at radius 2 is 2.30 bits per heavy atom. The van der Waals surface area contributed by atoms with E-state index in [1.165, 1.54) is 6.33 Å². The summed E-state index contributed by atoms with van der Waals surface area (Å²) >= 11 is 0. The zero-order valence-electron chi connectivity index (χ0n) is 13.6. The molecule has 0 aliphatic carbocycles. The number of carbonyl (C=O) groups is 1. The Morgan fingerprint density at radius 3 is 3.04 bits per heavy atom. The van der Waals surface area contributed by atoms with Crippen LogP contribution in [0.5, 0.6) is 0 Å². The summed E-state index contributed by atoms with van der Waals surface area (Å²) in [6, 6.07) is 0.837. The van der Waals surface area contributed by atoms with E-state index >= 15 is 0 Å². The van der Waals surface area contributed by atoms with Gasteiger partial charge in [-0.1, -0.05) is 6.92 Å². The Hall–Kier alpha value is -2.15. The van der Waals surface area contributed by atoms with Crippen molar-refractivity contribution in [1.29, 1.82) is 0 Å². The van der Waals surface area contributed by atoms with Crippen LogP contribution < -0.4 is 10.6 Å². The quantitative estimate of drug-likeness (QED) is 0.731. The van der Waals surface area contributed by atoms with Crippen molar-refractivity contribution in [2.45, 2.75) is 45.2 Å². The summed E-state index contributed by atoms with van der Waals surface area (Å²) in [4.78, 5) is 23.8. The van der Waals surface area contributed by atoms with Crippen LogP contribution in [0.4, 0.5) is 5.82 Å². The van der Waals surface area contributed by atoms with Gasteiger partial charge in [0.15, 0.2) is 0 Å². The van der Waals surface area contributed by atoms with Crippen LogP contribution >= 0.6 is 0 Å². The highest BCUT2D eigenvalue weighted by Gasteiger charge is 2.22. The van der Waals surface area contributed by atoms with Crippen molar-refractivity contribution in [3.05, 3.63) is 18.1 Å². The lowest BCUT2D eigenvalue weighted by Crippen LogP contribution is -2.43. The number of ether oxygens (including phenoxy) is 1. The maximum atomic E-state index is 12.2. The largest absolute Gasteiger partial charge is 0.462 e. The predicted molar refractivity (Wildman–Crippen MR) is 88.6 cm³/mol. The van der Waals surface area contributed by atoms with E-state index < -0.39 is 0 Å². The molecule has 2 atom stereocenters. The fourth-order valence-electron chi connectivity index (χ4n) is 2.82. The monoisotopic (exact) mass is 317 g/mol. The highest BCUT2D eigenvalue weighted by atomic mass is 16.5. The zero-order valence-corrected chi connectivity index (χ0v) is 13.6. The van der Waals surface area contributed by atoms with Crippen LogP contribution in [0, 0.1) is 0 Å². The number of hydrogen-bond donors (Lipinski definition) is 3. The molecule has 1 saturated heterocycles. The van der Waals surface area contributed by atoms with E-state index in [1.807, 2.05) is 6.92 Å². The second kappa shape index (κ2) is 6.95. The van der Waals surface area contributed by atoms with Gasteiger partial charge in [0.25, 0.3) is 0 Å². The summed E-state index contributed by atoms with van der Waals surface area (Å²) in [5, 5.41) is 7.60. The van der Waals surface area contributed by atoms with Crippen molar-refractivity contribution in [3.8, 4) is 0 Å². The molecule has 0 aromatic carbocycles. The molecule has 1 aliphatic rings. The number of fused-ring (bicyclic) bond motifs is 1. The summed E-state index contributed by atoms with van der Waals surface area (Å²) < 4.78 is 5.25. The van der Waals surface area contributed by atoms with Crippen LogP contribution in [0.3, 0.4) is 0 Å². The minimum absolute atomic E-state index is 0.290. The number of piperidine rings is 1. The topological polar surface area (TPSA) is 91.9 Å². The average Bonchev–Trinajstić information content (AvgIpc) is 3.00. The van der Waals surface area contributed by atoms with E-state index in [0.29, 0.717) is 41.1 Å². The van der Waals surface area contributed by atoms with Crippen molar-refractivity contribution >= 4 is 22.8 Å². The fourth-order valence-corrected chi connectivity index (χ4v) is 2.82. The fraction of sp³-hybridized carbons (Fsp3) is 0.562. The number of aromatic amines is 1. The highest BCUT2D eigenvalue weighted by molar-refractivity contribution is 6.07. The first-order valence-electron chi connectivity index (χ1n) is 8.18. The molecule has 0 amide bonds. The third-order valence-electron chi connectivity index (χ3n) is 4.13. The molecule has 3 rings (SSSR count). The number of carbonyl (C=O) groups excluding carboxylic acids is 1. The molecule has 0 radical (unpaired) electrons. The number of rotatable bonds is 5. The summed E-state index contributed by atoms with van der Waals surface area (Å²) in [5.74, 6) is 0.340. The molecule has 2 aromatic rings. The van der Waals surface area contributed by atoms with Gasteiger partial charge < -0.3 is 20.4 Å². The Balaban J connectivity index is 1.85. The minimum Gasteiger partial charge on any atom is -0.462 e. The van der Waals surface area contributed by atoms with Crippen molar-refractivity contribution in [1.82, 2.24) is 20.3 Å². The summed E-state index contributed by atoms with van der Waals surface area (Å²) in [7, 11) is 0. The van der Waals surface area contributed by atoms with Gasteiger partial charge in [0, 0.05) is 24.8 Å². The van der Waals surface area contributed by atoms with E-state index in [0.717, 1.165) is 25.8 Å². The maximum Gasteiger partial charge on any atom is 0.340 e. The van der Waals surface area contributed by atoms with Crippen molar-refractivity contribution in [3.63, 3.8) is 0 Å². The smallest absolute Gasteiger partial charge is 0.340 e. The molecule has 23 heavy (non-hydrogen) atoms. The number of hydrogen-bond acceptors (Lipinski definition) is 6. The average molecular weight is 317 g/mol. The Bertz CT molecular complexity index is 676. The second-order valence-corrected chi connectivity index (χ2v) is 6.01. The molecule has 0 spiro atoms. The molecular weight excluding hydrogens is 294 g/mol. The molecule has 3 heterocycles. The molecule has 1 aliphatic heterocycles. The molecular formula is C16H23N5O2. The van der Waals surface area contributed by atoms with E-state index in [4.69, 9.17) is 4.74 Å². The van der Waals surface area contributed by atoms with Gasteiger partial charge in [-0.05, 0) is 26.2 Å². The maximum absolute atomic E-state index is 12.2.